The molecule has 5 atom stereocenters. The van der Waals surface area contributed by atoms with Crippen molar-refractivity contribution in [3.63, 3.8) is 0 Å². The van der Waals surface area contributed by atoms with E-state index in [9.17, 15) is 14.4 Å². The van der Waals surface area contributed by atoms with Gasteiger partial charge in [-0.15, -0.1) is 0 Å². The van der Waals surface area contributed by atoms with Crippen LogP contribution >= 0.6 is 0 Å². The number of piperidine rings is 1. The number of hydrogen-bond donors (Lipinski definition) is 1. The lowest BCUT2D eigenvalue weighted by Crippen LogP contribution is -2.54. The molecule has 8 heteroatoms. The Balaban J connectivity index is 1.24. The van der Waals surface area contributed by atoms with Gasteiger partial charge in [0.1, 0.15) is 30.9 Å². The molecule has 8 nitrogen and oxygen atoms in total. The minimum atomic E-state index is -0.724. The zero-order chi connectivity index (χ0) is 25.4. The second kappa shape index (κ2) is 10.6. The van der Waals surface area contributed by atoms with Gasteiger partial charge >= 0.3 is 0 Å². The number of ether oxygens (including phenoxy) is 2. The highest BCUT2D eigenvalue weighted by Crippen LogP contribution is 2.35. The molecule has 196 valence electrons. The molecular weight excluding hydrogens is 458 g/mol. The maximum atomic E-state index is 13.6. The van der Waals surface area contributed by atoms with Gasteiger partial charge in [0, 0.05) is 18.7 Å². The van der Waals surface area contributed by atoms with E-state index in [-0.39, 0.29) is 42.8 Å². The van der Waals surface area contributed by atoms with E-state index in [1.54, 1.807) is 12.0 Å². The lowest BCUT2D eigenvalue weighted by molar-refractivity contribution is -0.139. The van der Waals surface area contributed by atoms with E-state index in [1.165, 1.54) is 18.4 Å². The highest BCUT2D eigenvalue weighted by molar-refractivity contribution is 5.99. The molecule has 0 radical (unpaired) electrons. The topological polar surface area (TPSA) is 88.2 Å². The Morgan fingerprint density at radius 3 is 2.44 bits per heavy atom. The van der Waals surface area contributed by atoms with Gasteiger partial charge in [0.15, 0.2) is 5.78 Å². The number of nitrogens with zero attached hydrogens (tertiary/aromatic N) is 2. The average molecular weight is 498 g/mol. The lowest BCUT2D eigenvalue weighted by Gasteiger charge is -2.32. The minimum absolute atomic E-state index is 0.00865. The number of benzene rings is 1. The number of nitrogens with one attached hydrogen (secondary N) is 1. The number of carbonyl (C=O) groups excluding carboxylic acids is 3. The van der Waals surface area contributed by atoms with Gasteiger partial charge in [-0.3, -0.25) is 14.4 Å². The molecule has 1 aromatic carbocycles. The number of methoxy groups -OCH3 is 1. The van der Waals surface area contributed by atoms with Crippen LogP contribution in [0.1, 0.15) is 67.8 Å². The first kappa shape index (κ1) is 25.4. The molecule has 3 saturated heterocycles. The summed E-state index contributed by atoms with van der Waals surface area (Å²) in [4.78, 5) is 43.5. The van der Waals surface area contributed by atoms with Gasteiger partial charge in [0.25, 0.3) is 5.91 Å². The fourth-order valence-electron chi connectivity index (χ4n) is 6.08. The average Bonchev–Trinajstić information content (AvgIpc) is 3.60. The van der Waals surface area contributed by atoms with E-state index >= 15 is 0 Å². The molecule has 3 aliphatic heterocycles. The normalized spacial score (nSPS) is 28.7. The summed E-state index contributed by atoms with van der Waals surface area (Å²) >= 11 is 0. The van der Waals surface area contributed by atoms with Gasteiger partial charge in [-0.1, -0.05) is 32.4 Å². The molecule has 3 heterocycles. The summed E-state index contributed by atoms with van der Waals surface area (Å²) in [5.74, 6) is -0.174. The molecule has 2 amide bonds. The van der Waals surface area contributed by atoms with Crippen LogP contribution in [0.3, 0.4) is 0 Å². The smallest absolute Gasteiger partial charge is 0.251 e. The number of Topliss-reactive ketones (excluding diaryl/α,β-unsaturated/α-hetero) is 1. The van der Waals surface area contributed by atoms with Crippen molar-refractivity contribution in [1.82, 2.24) is 15.1 Å². The van der Waals surface area contributed by atoms with Crippen LogP contribution in [0.2, 0.25) is 0 Å². The quantitative estimate of drug-likeness (QED) is 0.593. The van der Waals surface area contributed by atoms with Crippen LogP contribution < -0.4 is 5.32 Å². The predicted molar refractivity (Wildman–Crippen MR) is 135 cm³/mol. The molecule has 36 heavy (non-hydrogen) atoms. The molecule has 0 aromatic heterocycles. The second-order valence-electron chi connectivity index (χ2n) is 11.0. The van der Waals surface area contributed by atoms with Crippen molar-refractivity contribution in [3.05, 3.63) is 35.4 Å². The molecule has 0 bridgehead atoms. The fraction of sp³-hybridized carbons (Fsp3) is 0.679. The van der Waals surface area contributed by atoms with E-state index in [0.717, 1.165) is 38.4 Å². The Kier molecular flexibility index (Phi) is 7.47. The van der Waals surface area contributed by atoms with Gasteiger partial charge in [0.2, 0.25) is 5.91 Å². The van der Waals surface area contributed by atoms with Crippen molar-refractivity contribution in [2.75, 3.05) is 33.4 Å². The third-order valence-corrected chi connectivity index (χ3v) is 8.73. The standard InChI is InChI=1S/C28H39N3O5/c1-4-17(2)24(28(34)31-15-23(35-3)26-25(31)22(32)16-36-26)29-27(33)20-7-5-18(6-8-20)19-11-13-30(14-12-19)21-9-10-21/h5-8,17,19,21,23-26H,4,9-16H2,1-3H3,(H,29,33)/t17-,23+,24-,25+,26+/m0/s1. The molecule has 5 rings (SSSR count). The van der Waals surface area contributed by atoms with E-state index in [0.29, 0.717) is 11.5 Å². The van der Waals surface area contributed by atoms with Crippen LogP contribution in [0.15, 0.2) is 24.3 Å². The lowest BCUT2D eigenvalue weighted by atomic mass is 9.89. The molecule has 1 aliphatic carbocycles. The monoisotopic (exact) mass is 497 g/mol. The summed E-state index contributed by atoms with van der Waals surface area (Å²) in [5, 5.41) is 2.98. The van der Waals surface area contributed by atoms with Crippen molar-refractivity contribution >= 4 is 17.6 Å². The van der Waals surface area contributed by atoms with E-state index < -0.39 is 18.2 Å². The summed E-state index contributed by atoms with van der Waals surface area (Å²) in [6.45, 7) is 6.54. The molecule has 1 aromatic rings. The van der Waals surface area contributed by atoms with Gasteiger partial charge in [-0.2, -0.15) is 0 Å². The highest BCUT2D eigenvalue weighted by atomic mass is 16.5. The Bertz CT molecular complexity index is 970. The van der Waals surface area contributed by atoms with E-state index in [1.807, 2.05) is 26.0 Å². The number of ketones is 1. The molecule has 1 saturated carbocycles. The first-order chi connectivity index (χ1) is 17.4. The summed E-state index contributed by atoms with van der Waals surface area (Å²) in [5.41, 5.74) is 1.83. The van der Waals surface area contributed by atoms with E-state index in [2.05, 4.69) is 22.3 Å². The Morgan fingerprint density at radius 1 is 1.14 bits per heavy atom. The highest BCUT2D eigenvalue weighted by Gasteiger charge is 2.53. The molecule has 4 fully saturated rings. The largest absolute Gasteiger partial charge is 0.377 e. The SMILES string of the molecule is CC[C@H](C)[C@H](NC(=O)c1ccc(C2CCN(C3CC3)CC2)cc1)C(=O)N1C[C@@H](OC)[C@H]2OCC(=O)[C@H]21. The van der Waals surface area contributed by atoms with Crippen molar-refractivity contribution < 1.29 is 23.9 Å². The Morgan fingerprint density at radius 2 is 1.83 bits per heavy atom. The number of hydrogen-bond acceptors (Lipinski definition) is 6. The Labute approximate surface area is 213 Å². The maximum absolute atomic E-state index is 13.6. The molecule has 4 aliphatic rings. The second-order valence-corrected chi connectivity index (χ2v) is 11.0. The number of likely N-dealkylation sites (tertiary alicyclic amines) is 2. The van der Waals surface area contributed by atoms with Gasteiger partial charge in [0.05, 0.1) is 6.54 Å². The number of rotatable bonds is 8. The minimum Gasteiger partial charge on any atom is -0.377 e. The molecule has 1 N–H and O–H groups in total. The molecule has 0 spiro atoms. The summed E-state index contributed by atoms with van der Waals surface area (Å²) < 4.78 is 11.1. The third-order valence-electron chi connectivity index (χ3n) is 8.73. The first-order valence-electron chi connectivity index (χ1n) is 13.5. The number of fused-ring (bicyclic) bond motifs is 1. The number of amides is 2. The van der Waals surface area contributed by atoms with Crippen LogP contribution in [0.5, 0.6) is 0 Å². The molecule has 0 unspecified atom stereocenters. The zero-order valence-electron chi connectivity index (χ0n) is 21.7. The fourth-order valence-corrected chi connectivity index (χ4v) is 6.08. The molecular formula is C28H39N3O5. The van der Waals surface area contributed by atoms with Crippen LogP contribution in [0, 0.1) is 5.92 Å². The van der Waals surface area contributed by atoms with Crippen molar-refractivity contribution in [3.8, 4) is 0 Å². The van der Waals surface area contributed by atoms with Gasteiger partial charge < -0.3 is 24.6 Å². The van der Waals surface area contributed by atoms with Crippen LogP contribution in [0.4, 0.5) is 0 Å². The summed E-state index contributed by atoms with van der Waals surface area (Å²) in [6.07, 6.45) is 4.96. The van der Waals surface area contributed by atoms with Crippen molar-refractivity contribution in [2.24, 2.45) is 5.92 Å². The predicted octanol–water partition coefficient (Wildman–Crippen LogP) is 2.37. The van der Waals surface area contributed by atoms with Gasteiger partial charge in [-0.05, 0) is 68.3 Å². The Hall–Kier alpha value is -2.29. The van der Waals surface area contributed by atoms with Gasteiger partial charge in [-0.25, -0.2) is 0 Å². The van der Waals surface area contributed by atoms with E-state index in [4.69, 9.17) is 9.47 Å². The van der Waals surface area contributed by atoms with Crippen LogP contribution in [0.25, 0.3) is 0 Å². The first-order valence-corrected chi connectivity index (χ1v) is 13.5. The van der Waals surface area contributed by atoms with Crippen LogP contribution in [-0.4, -0.2) is 91.1 Å². The summed E-state index contributed by atoms with van der Waals surface area (Å²) in [7, 11) is 1.57. The van der Waals surface area contributed by atoms with Crippen molar-refractivity contribution in [1.29, 1.82) is 0 Å². The third kappa shape index (κ3) is 4.95. The van der Waals surface area contributed by atoms with Crippen LogP contribution in [-0.2, 0) is 19.1 Å². The zero-order valence-corrected chi connectivity index (χ0v) is 21.7. The van der Waals surface area contributed by atoms with Crippen molar-refractivity contribution in [2.45, 2.75) is 82.2 Å². The number of carbonyl (C=O) groups is 3. The summed E-state index contributed by atoms with van der Waals surface area (Å²) in [6, 6.07) is 7.33. The maximum Gasteiger partial charge on any atom is 0.251 e.